The number of piperidine rings is 1. The Hall–Kier alpha value is -0.620. The van der Waals surface area contributed by atoms with Crippen molar-refractivity contribution in [2.24, 2.45) is 5.92 Å². The van der Waals surface area contributed by atoms with Crippen LogP contribution in [0, 0.1) is 12.8 Å². The van der Waals surface area contributed by atoms with Gasteiger partial charge in [-0.1, -0.05) is 25.4 Å². The van der Waals surface area contributed by atoms with E-state index in [-0.39, 0.29) is 17.8 Å². The van der Waals surface area contributed by atoms with E-state index < -0.39 is 0 Å². The summed E-state index contributed by atoms with van der Waals surface area (Å²) in [4.78, 5) is 2.38. The van der Waals surface area contributed by atoms with Gasteiger partial charge >= 0.3 is 0 Å². The highest BCUT2D eigenvalue weighted by Gasteiger charge is 2.43. The van der Waals surface area contributed by atoms with Crippen molar-refractivity contribution in [2.75, 3.05) is 13.1 Å². The molecule has 3 rings (SSSR count). The van der Waals surface area contributed by atoms with Gasteiger partial charge in [-0.25, -0.2) is 0 Å². The highest BCUT2D eigenvalue weighted by atomic mass is 35.5. The zero-order chi connectivity index (χ0) is 16.6. The van der Waals surface area contributed by atoms with Gasteiger partial charge in [-0.3, -0.25) is 10.00 Å². The Morgan fingerprint density at radius 1 is 1.43 bits per heavy atom. The first-order valence-corrected chi connectivity index (χ1v) is 9.04. The van der Waals surface area contributed by atoms with Gasteiger partial charge in [0.1, 0.15) is 0 Å². The zero-order valence-corrected chi connectivity index (χ0v) is 15.1. The van der Waals surface area contributed by atoms with E-state index in [1.54, 1.807) is 0 Å². The highest BCUT2D eigenvalue weighted by molar-refractivity contribution is 6.31. The van der Waals surface area contributed by atoms with Crippen molar-refractivity contribution in [1.82, 2.24) is 15.1 Å². The maximum absolute atomic E-state index is 10.3. The van der Waals surface area contributed by atoms with Crippen LogP contribution < -0.4 is 0 Å². The topological polar surface area (TPSA) is 61.4 Å². The number of aromatic nitrogens is 2. The first kappa shape index (κ1) is 17.2. The van der Waals surface area contributed by atoms with Crippen molar-refractivity contribution < 1.29 is 9.84 Å². The molecule has 2 aliphatic heterocycles. The second-order valence-electron chi connectivity index (χ2n) is 7.56. The summed E-state index contributed by atoms with van der Waals surface area (Å²) in [6.07, 6.45) is 3.42. The molecule has 0 amide bonds. The second-order valence-corrected chi connectivity index (χ2v) is 7.94. The number of nitrogens with one attached hydrogen (secondary N) is 1. The fourth-order valence-electron chi connectivity index (χ4n) is 3.83. The number of hydrogen-bond acceptors (Lipinski definition) is 4. The largest absolute Gasteiger partial charge is 0.393 e. The van der Waals surface area contributed by atoms with Crippen molar-refractivity contribution >= 4 is 11.6 Å². The van der Waals surface area contributed by atoms with E-state index in [9.17, 15) is 5.11 Å². The van der Waals surface area contributed by atoms with E-state index in [1.807, 2.05) is 6.92 Å². The third kappa shape index (κ3) is 3.73. The molecule has 2 atom stereocenters. The lowest BCUT2D eigenvalue weighted by molar-refractivity contribution is -0.193. The van der Waals surface area contributed by atoms with Crippen LogP contribution in [-0.2, 0) is 11.3 Å². The van der Waals surface area contributed by atoms with E-state index in [1.165, 1.54) is 0 Å². The lowest BCUT2D eigenvalue weighted by Crippen LogP contribution is -2.53. The van der Waals surface area contributed by atoms with Crippen LogP contribution in [0.2, 0.25) is 5.02 Å². The second kappa shape index (κ2) is 6.71. The van der Waals surface area contributed by atoms with E-state index in [0.29, 0.717) is 5.92 Å². The number of aliphatic hydroxyl groups is 1. The van der Waals surface area contributed by atoms with E-state index in [0.717, 1.165) is 61.7 Å². The normalized spacial score (nSPS) is 28.6. The molecule has 0 radical (unpaired) electrons. The number of aromatic amines is 1. The summed E-state index contributed by atoms with van der Waals surface area (Å²) in [5, 5.41) is 18.2. The monoisotopic (exact) mass is 341 g/mol. The van der Waals surface area contributed by atoms with Gasteiger partial charge in [-0.2, -0.15) is 5.10 Å². The molecule has 23 heavy (non-hydrogen) atoms. The Kier molecular flexibility index (Phi) is 5.02. The van der Waals surface area contributed by atoms with Crippen LogP contribution in [0.3, 0.4) is 0 Å². The molecule has 1 spiro atoms. The lowest BCUT2D eigenvalue weighted by Gasteiger charge is -2.48. The van der Waals surface area contributed by atoms with Crippen LogP contribution in [0.5, 0.6) is 0 Å². The molecule has 2 fully saturated rings. The fraction of sp³-hybridized carbons (Fsp3) is 0.824. The Morgan fingerprint density at radius 3 is 2.70 bits per heavy atom. The molecule has 0 aromatic carbocycles. The van der Waals surface area contributed by atoms with Gasteiger partial charge in [0.05, 0.1) is 34.2 Å². The highest BCUT2D eigenvalue weighted by Crippen LogP contribution is 2.39. The Bertz CT molecular complexity index is 538. The molecule has 3 heterocycles. The van der Waals surface area contributed by atoms with E-state index in [4.69, 9.17) is 16.3 Å². The predicted molar refractivity (Wildman–Crippen MR) is 90.5 cm³/mol. The molecule has 130 valence electrons. The third-order valence-electron chi connectivity index (χ3n) is 5.34. The van der Waals surface area contributed by atoms with E-state index >= 15 is 0 Å². The quantitative estimate of drug-likeness (QED) is 0.887. The molecule has 1 aromatic rings. The number of H-pyrrole nitrogens is 1. The molecule has 0 saturated carbocycles. The van der Waals surface area contributed by atoms with E-state index in [2.05, 4.69) is 28.9 Å². The SMILES string of the molecule is Cc1[nH]nc(CN2CCC3(CC2)C[C@H](O)C[C@H](C(C)C)O3)c1Cl. The summed E-state index contributed by atoms with van der Waals surface area (Å²) >= 11 is 6.27. The minimum absolute atomic E-state index is 0.144. The van der Waals surface area contributed by atoms with Crippen LogP contribution in [0.15, 0.2) is 0 Å². The first-order chi connectivity index (χ1) is 10.9. The van der Waals surface area contributed by atoms with Crippen LogP contribution >= 0.6 is 11.6 Å². The predicted octanol–water partition coefficient (Wildman–Crippen LogP) is 2.90. The van der Waals surface area contributed by atoms with Gasteiger partial charge in [0, 0.05) is 26.1 Å². The number of ether oxygens (including phenoxy) is 1. The summed E-state index contributed by atoms with van der Waals surface area (Å²) in [5.74, 6) is 0.450. The molecule has 0 aliphatic carbocycles. The van der Waals surface area contributed by atoms with Gasteiger partial charge < -0.3 is 9.84 Å². The van der Waals surface area contributed by atoms with Crippen LogP contribution in [0.1, 0.15) is 50.9 Å². The number of likely N-dealkylation sites (tertiary alicyclic amines) is 1. The fourth-order valence-corrected chi connectivity index (χ4v) is 3.97. The molecule has 1 aromatic heterocycles. The average molecular weight is 342 g/mol. The summed E-state index contributed by atoms with van der Waals surface area (Å²) in [6, 6.07) is 0. The average Bonchev–Trinajstić information content (AvgIpc) is 2.81. The maximum atomic E-state index is 10.3. The minimum atomic E-state index is -0.230. The van der Waals surface area contributed by atoms with Gasteiger partial charge in [-0.05, 0) is 32.1 Å². The lowest BCUT2D eigenvalue weighted by atomic mass is 9.80. The van der Waals surface area contributed by atoms with Crippen LogP contribution in [0.25, 0.3) is 0 Å². The molecule has 2 N–H and O–H groups in total. The number of halogens is 1. The van der Waals surface area contributed by atoms with Crippen LogP contribution in [-0.4, -0.2) is 51.1 Å². The van der Waals surface area contributed by atoms with Gasteiger partial charge in [0.25, 0.3) is 0 Å². The maximum Gasteiger partial charge on any atom is 0.0951 e. The van der Waals surface area contributed by atoms with Crippen LogP contribution in [0.4, 0.5) is 0 Å². The first-order valence-electron chi connectivity index (χ1n) is 8.66. The Labute approximate surface area is 143 Å². The summed E-state index contributed by atoms with van der Waals surface area (Å²) in [6.45, 7) is 8.98. The van der Waals surface area contributed by atoms with Gasteiger partial charge in [0.15, 0.2) is 0 Å². The molecule has 0 unspecified atom stereocenters. The third-order valence-corrected chi connectivity index (χ3v) is 5.84. The minimum Gasteiger partial charge on any atom is -0.393 e. The molecule has 2 aliphatic rings. The Morgan fingerprint density at radius 2 is 2.13 bits per heavy atom. The Balaban J connectivity index is 1.60. The number of rotatable bonds is 3. The number of nitrogens with zero attached hydrogens (tertiary/aromatic N) is 2. The summed E-state index contributed by atoms with van der Waals surface area (Å²) in [7, 11) is 0. The molecule has 0 bridgehead atoms. The number of aliphatic hydroxyl groups excluding tert-OH is 1. The zero-order valence-electron chi connectivity index (χ0n) is 14.3. The number of aryl methyl sites for hydroxylation is 1. The summed E-state index contributed by atoms with van der Waals surface area (Å²) in [5.41, 5.74) is 1.70. The standard InChI is InChI=1S/C17H28ClN3O2/c1-11(2)15-8-13(22)9-17(23-15)4-6-21(7-5-17)10-14-16(18)12(3)19-20-14/h11,13,15,22H,4-10H2,1-3H3,(H,19,20)/t13-,15-/m1/s1. The van der Waals surface area contributed by atoms with Crippen molar-refractivity contribution in [3.05, 3.63) is 16.4 Å². The summed E-state index contributed by atoms with van der Waals surface area (Å²) < 4.78 is 6.44. The molecule has 5 nitrogen and oxygen atoms in total. The van der Waals surface area contributed by atoms with Crippen molar-refractivity contribution in [2.45, 2.75) is 70.8 Å². The van der Waals surface area contributed by atoms with Gasteiger partial charge in [-0.15, -0.1) is 0 Å². The smallest absolute Gasteiger partial charge is 0.0951 e. The van der Waals surface area contributed by atoms with Crippen molar-refractivity contribution in [1.29, 1.82) is 0 Å². The number of hydrogen-bond donors (Lipinski definition) is 2. The molecule has 2 saturated heterocycles. The van der Waals surface area contributed by atoms with Crippen molar-refractivity contribution in [3.63, 3.8) is 0 Å². The molecule has 6 heteroatoms. The molecular weight excluding hydrogens is 314 g/mol. The van der Waals surface area contributed by atoms with Gasteiger partial charge in [0.2, 0.25) is 0 Å². The molecular formula is C17H28ClN3O2. The van der Waals surface area contributed by atoms with Crippen molar-refractivity contribution in [3.8, 4) is 0 Å².